The number of aliphatic hydroxyl groups is 1. The van der Waals surface area contributed by atoms with E-state index in [1.54, 1.807) is 13.8 Å². The molecule has 1 aromatic rings. The highest BCUT2D eigenvalue weighted by Gasteiger charge is 2.35. The molecule has 0 atom stereocenters. The predicted molar refractivity (Wildman–Crippen MR) is 95.2 cm³/mol. The fourth-order valence-corrected chi connectivity index (χ4v) is 2.50. The van der Waals surface area contributed by atoms with Crippen LogP contribution in [-0.4, -0.2) is 36.9 Å². The molecule has 2 rings (SSSR count). The Hall–Kier alpha value is -1.20. The van der Waals surface area contributed by atoms with Crippen LogP contribution in [0.1, 0.15) is 47.0 Å². The monoisotopic (exact) mass is 304 g/mol. The average molecular weight is 304 g/mol. The SMILES string of the molecule is CC(C)(O)C(C)(C)OBc1cc(N2CCCCC2)ccc1N. The van der Waals surface area contributed by atoms with Gasteiger partial charge in [0, 0.05) is 24.5 Å². The van der Waals surface area contributed by atoms with E-state index in [0.717, 1.165) is 24.2 Å². The Labute approximate surface area is 134 Å². The third-order valence-corrected chi connectivity index (χ3v) is 4.91. The molecule has 22 heavy (non-hydrogen) atoms. The van der Waals surface area contributed by atoms with Crippen molar-refractivity contribution in [2.75, 3.05) is 23.7 Å². The zero-order valence-corrected chi connectivity index (χ0v) is 14.4. The van der Waals surface area contributed by atoms with Gasteiger partial charge in [0.2, 0.25) is 0 Å². The number of rotatable bonds is 5. The average Bonchev–Trinajstić information content (AvgIpc) is 2.46. The number of anilines is 2. The van der Waals surface area contributed by atoms with E-state index >= 15 is 0 Å². The Morgan fingerprint density at radius 1 is 1.14 bits per heavy atom. The Morgan fingerprint density at radius 3 is 2.36 bits per heavy atom. The second kappa shape index (κ2) is 6.51. The lowest BCUT2D eigenvalue weighted by atomic mass is 9.81. The van der Waals surface area contributed by atoms with Gasteiger partial charge in [-0.05, 0) is 70.6 Å². The molecule has 3 N–H and O–H groups in total. The highest BCUT2D eigenvalue weighted by Crippen LogP contribution is 2.25. The fraction of sp³-hybridized carbons (Fsp3) is 0.647. The van der Waals surface area contributed by atoms with Gasteiger partial charge in [0.25, 0.3) is 0 Å². The largest absolute Gasteiger partial charge is 0.427 e. The van der Waals surface area contributed by atoms with Crippen LogP contribution in [0.15, 0.2) is 18.2 Å². The first-order valence-corrected chi connectivity index (χ1v) is 8.20. The van der Waals surface area contributed by atoms with Crippen LogP contribution in [0, 0.1) is 0 Å². The molecule has 0 aromatic heterocycles. The fourth-order valence-electron chi connectivity index (χ4n) is 2.50. The van der Waals surface area contributed by atoms with Gasteiger partial charge in [0.05, 0.1) is 11.2 Å². The maximum Gasteiger partial charge on any atom is 0.311 e. The summed E-state index contributed by atoms with van der Waals surface area (Å²) in [7, 11) is 0.407. The van der Waals surface area contributed by atoms with Crippen LogP contribution in [0.2, 0.25) is 0 Å². The molecule has 0 saturated carbocycles. The third-order valence-electron chi connectivity index (χ3n) is 4.91. The molecule has 1 aliphatic rings. The summed E-state index contributed by atoms with van der Waals surface area (Å²) in [6.07, 6.45) is 3.82. The minimum Gasteiger partial charge on any atom is -0.427 e. The summed E-state index contributed by atoms with van der Waals surface area (Å²) in [6.45, 7) is 9.55. The molecule has 0 spiro atoms. The summed E-state index contributed by atoms with van der Waals surface area (Å²) in [6, 6.07) is 6.17. The lowest BCUT2D eigenvalue weighted by Gasteiger charge is -2.37. The lowest BCUT2D eigenvalue weighted by Crippen LogP contribution is -2.49. The van der Waals surface area contributed by atoms with Crippen molar-refractivity contribution in [2.45, 2.75) is 58.2 Å². The maximum atomic E-state index is 10.2. The van der Waals surface area contributed by atoms with Gasteiger partial charge in [-0.2, -0.15) is 0 Å². The number of nitrogen functional groups attached to an aromatic ring is 1. The van der Waals surface area contributed by atoms with Gasteiger partial charge in [-0.1, -0.05) is 0 Å². The van der Waals surface area contributed by atoms with Crippen LogP contribution in [0.25, 0.3) is 0 Å². The van der Waals surface area contributed by atoms with Crippen LogP contribution in [-0.2, 0) is 4.65 Å². The molecule has 1 heterocycles. The second-order valence-electron chi connectivity index (χ2n) is 7.29. The first-order valence-electron chi connectivity index (χ1n) is 8.20. The number of piperidine rings is 1. The molecule has 0 aliphatic carbocycles. The van der Waals surface area contributed by atoms with Gasteiger partial charge in [0.15, 0.2) is 0 Å². The number of hydrogen-bond donors (Lipinski definition) is 2. The quantitative estimate of drug-likeness (QED) is 0.643. The molecular weight excluding hydrogens is 275 g/mol. The highest BCUT2D eigenvalue weighted by atomic mass is 16.5. The van der Waals surface area contributed by atoms with E-state index in [0.29, 0.717) is 7.48 Å². The maximum absolute atomic E-state index is 10.2. The van der Waals surface area contributed by atoms with Gasteiger partial charge in [-0.15, -0.1) is 0 Å². The third kappa shape index (κ3) is 3.96. The van der Waals surface area contributed by atoms with Crippen LogP contribution in [0.3, 0.4) is 0 Å². The minimum absolute atomic E-state index is 0.407. The van der Waals surface area contributed by atoms with Gasteiger partial charge >= 0.3 is 7.48 Å². The summed E-state index contributed by atoms with van der Waals surface area (Å²) in [4.78, 5) is 2.41. The van der Waals surface area contributed by atoms with Crippen molar-refractivity contribution in [3.63, 3.8) is 0 Å². The van der Waals surface area contributed by atoms with Crippen LogP contribution in [0.5, 0.6) is 0 Å². The summed E-state index contributed by atoms with van der Waals surface area (Å²) < 4.78 is 5.95. The van der Waals surface area contributed by atoms with Gasteiger partial charge in [-0.3, -0.25) is 0 Å². The van der Waals surface area contributed by atoms with Gasteiger partial charge in [0.1, 0.15) is 0 Å². The van der Waals surface area contributed by atoms with E-state index in [1.807, 2.05) is 19.9 Å². The minimum atomic E-state index is -0.910. The zero-order valence-electron chi connectivity index (χ0n) is 14.4. The van der Waals surface area contributed by atoms with Crippen molar-refractivity contribution in [1.29, 1.82) is 0 Å². The first-order chi connectivity index (χ1) is 10.2. The van der Waals surface area contributed by atoms with Crippen molar-refractivity contribution in [1.82, 2.24) is 0 Å². The zero-order chi connectivity index (χ0) is 16.4. The van der Waals surface area contributed by atoms with Crippen molar-refractivity contribution in [3.05, 3.63) is 18.2 Å². The molecule has 0 amide bonds. The molecule has 122 valence electrons. The number of benzene rings is 1. The molecule has 4 nitrogen and oxygen atoms in total. The van der Waals surface area contributed by atoms with Crippen molar-refractivity contribution >= 4 is 24.3 Å². The van der Waals surface area contributed by atoms with E-state index in [4.69, 9.17) is 10.4 Å². The van der Waals surface area contributed by atoms with Crippen LogP contribution >= 0.6 is 0 Å². The van der Waals surface area contributed by atoms with Gasteiger partial charge < -0.3 is 20.4 Å². The molecule has 1 aromatic carbocycles. The van der Waals surface area contributed by atoms with E-state index in [2.05, 4.69) is 17.0 Å². The molecule has 1 aliphatic heterocycles. The van der Waals surface area contributed by atoms with E-state index < -0.39 is 11.2 Å². The Balaban J connectivity index is 2.10. The standard InChI is InChI=1S/C17H29BN2O2/c1-16(2,21)17(3,4)22-18-14-12-13(8-9-15(14)19)20-10-6-5-7-11-20/h8-9,12,18,21H,5-7,10-11,19H2,1-4H3. The Bertz CT molecular complexity index is 506. The Morgan fingerprint density at radius 2 is 1.77 bits per heavy atom. The molecule has 1 fully saturated rings. The molecular formula is C17H29BN2O2. The second-order valence-corrected chi connectivity index (χ2v) is 7.29. The van der Waals surface area contributed by atoms with E-state index in [9.17, 15) is 5.11 Å². The van der Waals surface area contributed by atoms with Crippen molar-refractivity contribution < 1.29 is 9.76 Å². The van der Waals surface area contributed by atoms with E-state index in [1.165, 1.54) is 24.9 Å². The molecule has 5 heteroatoms. The first kappa shape index (κ1) is 17.2. The van der Waals surface area contributed by atoms with Crippen molar-refractivity contribution in [3.8, 4) is 0 Å². The number of nitrogens with two attached hydrogens (primary N) is 1. The summed E-state index contributed by atoms with van der Waals surface area (Å²) in [5.41, 5.74) is 7.49. The topological polar surface area (TPSA) is 58.7 Å². The summed E-state index contributed by atoms with van der Waals surface area (Å²) in [5.74, 6) is 0. The summed E-state index contributed by atoms with van der Waals surface area (Å²) >= 11 is 0. The molecule has 0 unspecified atom stereocenters. The molecule has 0 radical (unpaired) electrons. The highest BCUT2D eigenvalue weighted by molar-refractivity contribution is 6.49. The smallest absolute Gasteiger partial charge is 0.311 e. The lowest BCUT2D eigenvalue weighted by molar-refractivity contribution is -0.0893. The van der Waals surface area contributed by atoms with Crippen LogP contribution in [0.4, 0.5) is 11.4 Å². The molecule has 1 saturated heterocycles. The van der Waals surface area contributed by atoms with Crippen LogP contribution < -0.4 is 16.1 Å². The summed E-state index contributed by atoms with van der Waals surface area (Å²) in [5, 5.41) is 10.2. The normalized spacial score (nSPS) is 16.7. The van der Waals surface area contributed by atoms with E-state index in [-0.39, 0.29) is 0 Å². The van der Waals surface area contributed by atoms with Gasteiger partial charge in [-0.25, -0.2) is 0 Å². The van der Waals surface area contributed by atoms with Crippen molar-refractivity contribution in [2.24, 2.45) is 0 Å². The Kier molecular flexibility index (Phi) is 5.08. The number of nitrogens with zero attached hydrogens (tertiary/aromatic N) is 1. The molecule has 0 bridgehead atoms. The number of hydrogen-bond acceptors (Lipinski definition) is 4. The predicted octanol–water partition coefficient (Wildman–Crippen LogP) is 1.80.